The topological polar surface area (TPSA) is 248 Å². The summed E-state index contributed by atoms with van der Waals surface area (Å²) in [6.45, 7) is 7.25. The van der Waals surface area contributed by atoms with Crippen molar-refractivity contribution >= 4 is 53.2 Å². The van der Waals surface area contributed by atoms with Crippen molar-refractivity contribution in [2.24, 2.45) is 15.5 Å². The number of aromatic hydroxyl groups is 3. The molecule has 0 bridgehead atoms. The summed E-state index contributed by atoms with van der Waals surface area (Å²) in [4.78, 5) is 67.1. The van der Waals surface area contributed by atoms with Gasteiger partial charge >= 0.3 is 17.9 Å². The Bertz CT molecular complexity index is 2480. The zero-order chi connectivity index (χ0) is 44.3. The Morgan fingerprint density at radius 3 is 0.968 bits per heavy atom. The summed E-state index contributed by atoms with van der Waals surface area (Å²) < 4.78 is 15.4. The van der Waals surface area contributed by atoms with E-state index < -0.39 is 17.9 Å². The zero-order valence-corrected chi connectivity index (χ0v) is 33.1. The molecule has 0 aliphatic carbocycles. The number of nitrogens with zero attached hydrogens (tertiary/aromatic N) is 3. The van der Waals surface area contributed by atoms with Crippen molar-refractivity contribution in [2.45, 2.75) is 0 Å². The fraction of sp³-hybridized carbons (Fsp3) is 0. The van der Waals surface area contributed by atoms with E-state index in [0.29, 0.717) is 17.2 Å². The molecule has 0 radical (unpaired) electrons. The third-order valence-corrected chi connectivity index (χ3v) is 7.94. The molecule has 0 unspecified atom stereocenters. The van der Waals surface area contributed by atoms with E-state index in [2.05, 4.69) is 28.7 Å². The second-order valence-corrected chi connectivity index (χ2v) is 12.0. The van der Waals surface area contributed by atoms with Gasteiger partial charge in [-0.25, -0.2) is 14.4 Å². The molecule has 4 N–H and O–H groups in total. The molecular weight excluding hydrogens is 846 g/mol. The minimum atomic E-state index is -0.676. The van der Waals surface area contributed by atoms with Gasteiger partial charge in [0.1, 0.15) is 51.6 Å². The number of carbonyl (C=O) groups excluding carboxylic acids is 3. The number of ether oxygens (including phenoxy) is 3. The summed E-state index contributed by atoms with van der Waals surface area (Å²) in [7, 11) is 0. The number of nitroso groups, excluding NO2 is 3. The molecule has 0 spiro atoms. The first-order valence-electron chi connectivity index (χ1n) is 17.4. The van der Waals surface area contributed by atoms with Crippen LogP contribution in [0.2, 0.25) is 0 Å². The third-order valence-electron chi connectivity index (χ3n) is 7.94. The van der Waals surface area contributed by atoms with E-state index in [9.17, 15) is 44.4 Å². The summed E-state index contributed by atoms with van der Waals surface area (Å²) in [5.41, 5.74) is 2.27. The van der Waals surface area contributed by atoms with Gasteiger partial charge in [-0.2, -0.15) is 0 Å². The standard InChI is InChI=1S/C15H11NO5.2C15H11NO4.Fe/c17-8-7-10-1-4-12(5-2-10)21-15(19)11-3-6-14(18)13(9-11)16-20;2*1-2-10-3-6-12(7-4-10)20-15(18)11-5-8-14(17)13(9-11)16-19;/h1-9,17-18H;2*2-9,17H,1H2;/b8-7+;;;. The minimum Gasteiger partial charge on any atom is -0.516 e. The minimum absolute atomic E-state index is 0. The molecule has 0 aromatic heterocycles. The van der Waals surface area contributed by atoms with Gasteiger partial charge in [0.2, 0.25) is 0 Å². The number of aliphatic hydroxyl groups is 1. The van der Waals surface area contributed by atoms with Crippen LogP contribution in [0.4, 0.5) is 17.1 Å². The van der Waals surface area contributed by atoms with Crippen LogP contribution in [0.15, 0.2) is 162 Å². The van der Waals surface area contributed by atoms with Crippen LogP contribution in [0.1, 0.15) is 47.8 Å². The van der Waals surface area contributed by atoms with E-state index in [1.54, 1.807) is 84.9 Å². The van der Waals surface area contributed by atoms with Gasteiger partial charge in [0.25, 0.3) is 0 Å². The molecule has 0 saturated carbocycles. The fourth-order valence-corrected chi connectivity index (χ4v) is 4.75. The van der Waals surface area contributed by atoms with Crippen LogP contribution < -0.4 is 14.2 Å². The molecule has 0 aliphatic heterocycles. The SMILES string of the molecule is C=Cc1ccc(OC(=O)c2ccc(O)c(N=O)c2)cc1.C=Cc1ccc(OC(=O)c2ccc(O)c(N=O)c2)cc1.O=Nc1cc(C(=O)Oc2ccc(/C=C/O)cc2)ccc1O.[Fe]. The molecule has 314 valence electrons. The Morgan fingerprint density at radius 1 is 0.452 bits per heavy atom. The number of hydrogen-bond acceptors (Lipinski definition) is 16. The van der Waals surface area contributed by atoms with E-state index in [1.807, 2.05) is 0 Å². The van der Waals surface area contributed by atoms with Crippen LogP contribution in [-0.2, 0) is 17.1 Å². The van der Waals surface area contributed by atoms with Crippen LogP contribution in [0, 0.1) is 14.7 Å². The molecule has 0 atom stereocenters. The zero-order valence-electron chi connectivity index (χ0n) is 32.0. The first-order valence-corrected chi connectivity index (χ1v) is 17.4. The predicted molar refractivity (Wildman–Crippen MR) is 227 cm³/mol. The molecule has 6 rings (SSSR count). The number of phenols is 3. The predicted octanol–water partition coefficient (Wildman–Crippen LogP) is 10.8. The molecule has 16 nitrogen and oxygen atoms in total. The maximum atomic E-state index is 11.9. The summed E-state index contributed by atoms with van der Waals surface area (Å²) in [5.74, 6) is -1.78. The third kappa shape index (κ3) is 13.8. The average Bonchev–Trinajstić information content (AvgIpc) is 3.28. The Hall–Kier alpha value is -8.53. The largest absolute Gasteiger partial charge is 0.516 e. The first kappa shape index (κ1) is 47.8. The number of aliphatic hydroxyl groups excluding tert-OH is 1. The van der Waals surface area contributed by atoms with Gasteiger partial charge in [-0.3, -0.25) is 0 Å². The summed E-state index contributed by atoms with van der Waals surface area (Å²) >= 11 is 0. The van der Waals surface area contributed by atoms with Crippen LogP contribution in [-0.4, -0.2) is 38.3 Å². The number of carbonyl (C=O) groups is 3. The van der Waals surface area contributed by atoms with Crippen molar-refractivity contribution < 1.29 is 66.1 Å². The van der Waals surface area contributed by atoms with Crippen molar-refractivity contribution in [2.75, 3.05) is 0 Å². The number of hydrogen-bond donors (Lipinski definition) is 4. The fourth-order valence-electron chi connectivity index (χ4n) is 4.75. The van der Waals surface area contributed by atoms with Gasteiger partial charge < -0.3 is 34.6 Å². The van der Waals surface area contributed by atoms with Crippen LogP contribution in [0.25, 0.3) is 18.2 Å². The second kappa shape index (κ2) is 23.8. The molecule has 6 aromatic rings. The molecule has 6 aromatic carbocycles. The van der Waals surface area contributed by atoms with Gasteiger partial charge in [0, 0.05) is 17.1 Å². The van der Waals surface area contributed by atoms with E-state index in [0.717, 1.165) is 29.0 Å². The summed E-state index contributed by atoms with van der Waals surface area (Å²) in [5, 5.41) is 44.4. The number of esters is 3. The normalized spacial score (nSPS) is 9.87. The van der Waals surface area contributed by atoms with Crippen molar-refractivity contribution in [3.05, 3.63) is 195 Å². The quantitative estimate of drug-likeness (QED) is 0.0294. The van der Waals surface area contributed by atoms with Gasteiger partial charge in [0.05, 0.1) is 23.0 Å². The van der Waals surface area contributed by atoms with Crippen molar-refractivity contribution in [1.29, 1.82) is 0 Å². The monoisotopic (exact) mass is 879 g/mol. The molecular formula is C45H33FeN3O13. The number of benzene rings is 6. The van der Waals surface area contributed by atoms with Crippen LogP contribution in [0.3, 0.4) is 0 Å². The second-order valence-electron chi connectivity index (χ2n) is 12.0. The Labute approximate surface area is 363 Å². The van der Waals surface area contributed by atoms with E-state index in [4.69, 9.17) is 19.3 Å². The molecule has 0 aliphatic rings. The van der Waals surface area contributed by atoms with E-state index >= 15 is 0 Å². The first-order chi connectivity index (χ1) is 29.4. The maximum Gasteiger partial charge on any atom is 0.343 e. The van der Waals surface area contributed by atoms with Gasteiger partial charge in [-0.1, -0.05) is 61.7 Å². The molecule has 0 amide bonds. The van der Waals surface area contributed by atoms with Gasteiger partial charge in [-0.15, -0.1) is 14.7 Å². The van der Waals surface area contributed by atoms with Crippen LogP contribution >= 0.6 is 0 Å². The molecule has 62 heavy (non-hydrogen) atoms. The molecule has 0 fully saturated rings. The Morgan fingerprint density at radius 2 is 0.726 bits per heavy atom. The molecule has 17 heteroatoms. The molecule has 0 saturated heterocycles. The number of rotatable bonds is 12. The summed E-state index contributed by atoms with van der Waals surface area (Å²) in [6, 6.07) is 31.1. The van der Waals surface area contributed by atoms with Crippen molar-refractivity contribution in [1.82, 2.24) is 0 Å². The van der Waals surface area contributed by atoms with Gasteiger partial charge in [0.15, 0.2) is 0 Å². The van der Waals surface area contributed by atoms with Gasteiger partial charge in [-0.05, 0) is 129 Å². The molecule has 0 heterocycles. The average molecular weight is 880 g/mol. The van der Waals surface area contributed by atoms with E-state index in [1.165, 1.54) is 54.6 Å². The Balaban J connectivity index is 0.000000246. The smallest absolute Gasteiger partial charge is 0.343 e. The number of phenolic OH excluding ortho intramolecular Hbond substituents is 3. The van der Waals surface area contributed by atoms with Crippen LogP contribution in [0.5, 0.6) is 34.5 Å². The van der Waals surface area contributed by atoms with Crippen molar-refractivity contribution in [3.63, 3.8) is 0 Å². The summed E-state index contributed by atoms with van der Waals surface area (Å²) in [6.07, 6.45) is 5.74. The maximum absolute atomic E-state index is 11.9. The van der Waals surface area contributed by atoms with E-state index in [-0.39, 0.29) is 68.1 Å². The van der Waals surface area contributed by atoms with Crippen molar-refractivity contribution in [3.8, 4) is 34.5 Å². The Kier molecular flexibility index (Phi) is 18.3.